The molecule has 192 valence electrons. The Morgan fingerprint density at radius 2 is 1.68 bits per heavy atom. The van der Waals surface area contributed by atoms with Crippen molar-refractivity contribution in [3.05, 3.63) is 94.3 Å². The highest BCUT2D eigenvalue weighted by Crippen LogP contribution is 2.29. The number of aromatic nitrogens is 4. The monoisotopic (exact) mass is 520 g/mol. The molecule has 10 heteroatoms. The molecule has 0 radical (unpaired) electrons. The van der Waals surface area contributed by atoms with Crippen LogP contribution < -0.4 is 15.5 Å². The number of halogens is 1. The minimum absolute atomic E-state index is 0.287. The van der Waals surface area contributed by atoms with Gasteiger partial charge in [0, 0.05) is 31.2 Å². The van der Waals surface area contributed by atoms with E-state index in [1.54, 1.807) is 36.5 Å². The zero-order chi connectivity index (χ0) is 25.9. The number of nitrogens with zero attached hydrogens (tertiary/aromatic N) is 6. The maximum Gasteiger partial charge on any atom is 0.350 e. The summed E-state index contributed by atoms with van der Waals surface area (Å²) in [5, 5.41) is 25.9. The Hall–Kier alpha value is -3.82. The van der Waals surface area contributed by atoms with Crippen molar-refractivity contribution in [3.8, 4) is 11.4 Å². The molecule has 4 aromatic rings. The van der Waals surface area contributed by atoms with Gasteiger partial charge in [-0.25, -0.2) is 19.0 Å². The Morgan fingerprint density at radius 3 is 2.32 bits per heavy atom. The van der Waals surface area contributed by atoms with Crippen molar-refractivity contribution in [2.45, 2.75) is 25.5 Å². The minimum Gasteiger partial charge on any atom is -0.506 e. The van der Waals surface area contributed by atoms with Crippen LogP contribution in [0.2, 0.25) is 5.02 Å². The van der Waals surface area contributed by atoms with Crippen molar-refractivity contribution in [1.82, 2.24) is 19.3 Å². The summed E-state index contributed by atoms with van der Waals surface area (Å²) >= 11 is 5.97. The van der Waals surface area contributed by atoms with Gasteiger partial charge in [-0.2, -0.15) is 5.10 Å². The zero-order valence-corrected chi connectivity index (χ0v) is 21.2. The maximum atomic E-state index is 13.2. The normalized spacial score (nSPS) is 15.5. The number of aliphatic hydroxyl groups excluding tert-OH is 1. The number of phenolic OH excluding ortho intramolecular Hbond substituents is 1. The second kappa shape index (κ2) is 10.7. The van der Waals surface area contributed by atoms with Gasteiger partial charge >= 0.3 is 5.69 Å². The molecule has 1 unspecified atom stereocenters. The fraction of sp³-hybridized carbons (Fsp3) is 0.296. The number of phenols is 1. The molecule has 1 aliphatic rings. The van der Waals surface area contributed by atoms with Crippen molar-refractivity contribution in [1.29, 1.82) is 0 Å². The molecule has 0 bridgehead atoms. The first kappa shape index (κ1) is 24.9. The summed E-state index contributed by atoms with van der Waals surface area (Å²) in [6.07, 6.45) is 2.74. The van der Waals surface area contributed by atoms with E-state index >= 15 is 0 Å². The molecule has 0 amide bonds. The largest absolute Gasteiger partial charge is 0.506 e. The lowest BCUT2D eigenvalue weighted by molar-refractivity contribution is 0.101. The van der Waals surface area contributed by atoms with Crippen molar-refractivity contribution < 1.29 is 10.2 Å². The molecule has 3 heterocycles. The summed E-state index contributed by atoms with van der Waals surface area (Å²) in [6, 6.07) is 17.5. The van der Waals surface area contributed by atoms with Crippen LogP contribution in [0.15, 0.2) is 78.0 Å². The van der Waals surface area contributed by atoms with Crippen LogP contribution in [-0.4, -0.2) is 55.7 Å². The standard InChI is InChI=1S/C27H29ClN6O3/c1-2-22(26(36)19-7-9-20(28)10-8-19)34-27(37)33(18-30-34)21-11-12-25(29-17-21)32-15-13-31(14-16-32)23-5-3-4-6-24(23)35/h3-12,17-18,22,26,35-36H,2,13-16H2,1H3/t22?,26-/m1/s1. The van der Waals surface area contributed by atoms with Crippen molar-refractivity contribution >= 4 is 23.1 Å². The highest BCUT2D eigenvalue weighted by atomic mass is 35.5. The summed E-state index contributed by atoms with van der Waals surface area (Å²) in [6.45, 7) is 4.96. The van der Waals surface area contributed by atoms with Gasteiger partial charge < -0.3 is 20.0 Å². The molecule has 0 spiro atoms. The lowest BCUT2D eigenvalue weighted by Crippen LogP contribution is -2.46. The predicted molar refractivity (Wildman–Crippen MR) is 144 cm³/mol. The molecule has 2 N–H and O–H groups in total. The van der Waals surface area contributed by atoms with Gasteiger partial charge in [-0.05, 0) is 48.4 Å². The highest BCUT2D eigenvalue weighted by molar-refractivity contribution is 6.30. The first-order valence-electron chi connectivity index (χ1n) is 12.3. The molecule has 2 atom stereocenters. The summed E-state index contributed by atoms with van der Waals surface area (Å²) in [5.41, 5.74) is 1.77. The molecule has 0 saturated carbocycles. The van der Waals surface area contributed by atoms with E-state index in [2.05, 4.69) is 19.9 Å². The van der Waals surface area contributed by atoms with E-state index in [1.807, 2.05) is 37.3 Å². The van der Waals surface area contributed by atoms with Crippen LogP contribution >= 0.6 is 11.6 Å². The van der Waals surface area contributed by atoms with Gasteiger partial charge in [-0.3, -0.25) is 0 Å². The van der Waals surface area contributed by atoms with E-state index in [-0.39, 0.29) is 11.4 Å². The predicted octanol–water partition coefficient (Wildman–Crippen LogP) is 3.80. The third-order valence-corrected chi connectivity index (χ3v) is 7.09. The van der Waals surface area contributed by atoms with Gasteiger partial charge in [-0.1, -0.05) is 42.8 Å². The topological polar surface area (TPSA) is 99.7 Å². The van der Waals surface area contributed by atoms with Gasteiger partial charge in [0.1, 0.15) is 24.0 Å². The number of benzene rings is 2. The molecule has 0 aliphatic carbocycles. The lowest BCUT2D eigenvalue weighted by Gasteiger charge is -2.36. The number of aliphatic hydroxyl groups is 1. The first-order chi connectivity index (χ1) is 18.0. The Morgan fingerprint density at radius 1 is 0.973 bits per heavy atom. The second-order valence-corrected chi connectivity index (χ2v) is 9.47. The molecule has 2 aromatic carbocycles. The number of anilines is 2. The van der Waals surface area contributed by atoms with E-state index in [4.69, 9.17) is 11.6 Å². The third-order valence-electron chi connectivity index (χ3n) is 6.84. The van der Waals surface area contributed by atoms with Gasteiger partial charge in [0.15, 0.2) is 0 Å². The molecule has 2 aromatic heterocycles. The van der Waals surface area contributed by atoms with E-state index < -0.39 is 12.1 Å². The average molecular weight is 521 g/mol. The Kier molecular flexibility index (Phi) is 7.16. The van der Waals surface area contributed by atoms with Crippen LogP contribution in [0.1, 0.15) is 31.1 Å². The molecule has 5 rings (SSSR count). The fourth-order valence-corrected chi connectivity index (χ4v) is 4.87. The Labute approximate surface area is 219 Å². The van der Waals surface area contributed by atoms with E-state index in [9.17, 15) is 15.0 Å². The molecule has 37 heavy (non-hydrogen) atoms. The van der Waals surface area contributed by atoms with Gasteiger partial charge in [-0.15, -0.1) is 0 Å². The van der Waals surface area contributed by atoms with Crippen molar-refractivity contribution in [3.63, 3.8) is 0 Å². The van der Waals surface area contributed by atoms with E-state index in [0.717, 1.165) is 37.7 Å². The molecular weight excluding hydrogens is 492 g/mol. The molecule has 9 nitrogen and oxygen atoms in total. The maximum absolute atomic E-state index is 13.2. The summed E-state index contributed by atoms with van der Waals surface area (Å²) < 4.78 is 2.76. The quantitative estimate of drug-likeness (QED) is 0.382. The zero-order valence-electron chi connectivity index (χ0n) is 20.5. The molecular formula is C27H29ClN6O3. The third kappa shape index (κ3) is 5.05. The van der Waals surface area contributed by atoms with Crippen molar-refractivity contribution in [2.75, 3.05) is 36.0 Å². The van der Waals surface area contributed by atoms with Crippen molar-refractivity contribution in [2.24, 2.45) is 0 Å². The Balaban J connectivity index is 1.29. The van der Waals surface area contributed by atoms with Crippen LogP contribution in [0.3, 0.4) is 0 Å². The number of hydrogen-bond donors (Lipinski definition) is 2. The second-order valence-electron chi connectivity index (χ2n) is 9.04. The number of pyridine rings is 1. The molecule has 1 saturated heterocycles. The molecule has 1 fully saturated rings. The first-order valence-corrected chi connectivity index (χ1v) is 12.7. The number of piperazine rings is 1. The smallest absolute Gasteiger partial charge is 0.350 e. The van der Waals surface area contributed by atoms with E-state index in [1.165, 1.54) is 15.6 Å². The number of para-hydroxylation sites is 2. The SMILES string of the molecule is CCC([C@H](O)c1ccc(Cl)cc1)n1ncn(-c2ccc(N3CCN(c4ccccc4O)CC3)nc2)c1=O. The lowest BCUT2D eigenvalue weighted by atomic mass is 10.0. The van der Waals surface area contributed by atoms with E-state index in [0.29, 0.717) is 22.7 Å². The summed E-state index contributed by atoms with van der Waals surface area (Å²) in [4.78, 5) is 22.2. The molecule has 1 aliphatic heterocycles. The van der Waals surface area contributed by atoms with Crippen LogP contribution in [0.4, 0.5) is 11.5 Å². The summed E-state index contributed by atoms with van der Waals surface area (Å²) in [5.74, 6) is 1.11. The average Bonchev–Trinajstić information content (AvgIpc) is 3.31. The fourth-order valence-electron chi connectivity index (χ4n) is 4.75. The van der Waals surface area contributed by atoms with Crippen LogP contribution in [0.5, 0.6) is 5.75 Å². The van der Waals surface area contributed by atoms with Gasteiger partial charge in [0.05, 0.1) is 23.6 Å². The number of aromatic hydroxyl groups is 1. The van der Waals surface area contributed by atoms with Crippen LogP contribution in [0.25, 0.3) is 5.69 Å². The van der Waals surface area contributed by atoms with Crippen LogP contribution in [-0.2, 0) is 0 Å². The van der Waals surface area contributed by atoms with Gasteiger partial charge in [0.2, 0.25) is 0 Å². The van der Waals surface area contributed by atoms with Gasteiger partial charge in [0.25, 0.3) is 0 Å². The summed E-state index contributed by atoms with van der Waals surface area (Å²) in [7, 11) is 0. The highest BCUT2D eigenvalue weighted by Gasteiger charge is 2.25. The van der Waals surface area contributed by atoms with Crippen LogP contribution in [0, 0.1) is 0 Å². The number of hydrogen-bond acceptors (Lipinski definition) is 7. The number of rotatable bonds is 7. The minimum atomic E-state index is -0.903. The Bertz CT molecular complexity index is 1390.